The summed E-state index contributed by atoms with van der Waals surface area (Å²) in [5.74, 6) is 0. The molecule has 2 unspecified atom stereocenters. The van der Waals surface area contributed by atoms with Crippen LogP contribution in [0.5, 0.6) is 0 Å². The summed E-state index contributed by atoms with van der Waals surface area (Å²) in [5.41, 5.74) is 7.80. The predicted octanol–water partition coefficient (Wildman–Crippen LogP) is 1.34. The zero-order valence-electron chi connectivity index (χ0n) is 11.4. The number of benzene rings is 1. The van der Waals surface area contributed by atoms with Crippen LogP contribution in [0.15, 0.2) is 17.0 Å². The molecule has 0 aliphatic carbocycles. The summed E-state index contributed by atoms with van der Waals surface area (Å²) in [7, 11) is -3.56. The molecule has 0 radical (unpaired) electrons. The van der Waals surface area contributed by atoms with Crippen LogP contribution in [0.25, 0.3) is 0 Å². The van der Waals surface area contributed by atoms with Gasteiger partial charge in [0.15, 0.2) is 0 Å². The fraction of sp³-hybridized carbons (Fsp3) is 0.538. The van der Waals surface area contributed by atoms with E-state index >= 15 is 0 Å². The number of hydrogen-bond donors (Lipinski definition) is 2. The zero-order valence-corrected chi connectivity index (χ0v) is 12.3. The van der Waals surface area contributed by atoms with E-state index in [0.717, 1.165) is 11.1 Å². The van der Waals surface area contributed by atoms with Crippen LogP contribution in [0.1, 0.15) is 24.5 Å². The van der Waals surface area contributed by atoms with Crippen molar-refractivity contribution in [3.05, 3.63) is 23.3 Å². The third kappa shape index (κ3) is 2.91. The smallest absolute Gasteiger partial charge is 0.241 e. The van der Waals surface area contributed by atoms with Crippen LogP contribution in [0.3, 0.4) is 0 Å². The maximum atomic E-state index is 12.4. The van der Waals surface area contributed by atoms with Crippen molar-refractivity contribution in [1.82, 2.24) is 4.72 Å². The molecule has 1 aromatic rings. The fourth-order valence-electron chi connectivity index (χ4n) is 2.28. The monoisotopic (exact) mass is 284 g/mol. The molecular formula is C13H20N2O3S. The molecule has 2 atom stereocenters. The van der Waals surface area contributed by atoms with E-state index in [1.165, 1.54) is 6.07 Å². The van der Waals surface area contributed by atoms with Gasteiger partial charge in [0.2, 0.25) is 10.0 Å². The Hall–Kier alpha value is -1.11. The summed E-state index contributed by atoms with van der Waals surface area (Å²) in [5, 5.41) is 0. The lowest BCUT2D eigenvalue weighted by molar-refractivity contribution is 0.117. The van der Waals surface area contributed by atoms with Crippen LogP contribution in [0.4, 0.5) is 5.69 Å². The summed E-state index contributed by atoms with van der Waals surface area (Å²) >= 11 is 0. The summed E-state index contributed by atoms with van der Waals surface area (Å²) in [6.07, 6.45) is 0.595. The minimum absolute atomic E-state index is 0.0998. The molecule has 2 rings (SSSR count). The summed E-state index contributed by atoms with van der Waals surface area (Å²) in [6, 6.07) is 3.10. The van der Waals surface area contributed by atoms with E-state index in [9.17, 15) is 8.42 Å². The summed E-state index contributed by atoms with van der Waals surface area (Å²) in [6.45, 7) is 6.10. The minimum Gasteiger partial charge on any atom is -0.399 e. The molecule has 1 heterocycles. The molecule has 1 aromatic carbocycles. The first-order valence-electron chi connectivity index (χ1n) is 6.32. The molecule has 1 aliphatic rings. The molecule has 3 N–H and O–H groups in total. The molecule has 0 spiro atoms. The van der Waals surface area contributed by atoms with E-state index < -0.39 is 10.0 Å². The van der Waals surface area contributed by atoms with Crippen molar-refractivity contribution in [2.45, 2.75) is 44.2 Å². The highest BCUT2D eigenvalue weighted by Crippen LogP contribution is 2.24. The number of rotatable bonds is 3. The highest BCUT2D eigenvalue weighted by atomic mass is 32.2. The first kappa shape index (κ1) is 14.3. The van der Waals surface area contributed by atoms with Gasteiger partial charge in [-0.25, -0.2) is 13.1 Å². The lowest BCUT2D eigenvalue weighted by Gasteiger charge is -2.18. The van der Waals surface area contributed by atoms with E-state index in [4.69, 9.17) is 10.5 Å². The van der Waals surface area contributed by atoms with Crippen molar-refractivity contribution in [2.24, 2.45) is 0 Å². The number of hydrogen-bond acceptors (Lipinski definition) is 4. The Morgan fingerprint density at radius 1 is 1.37 bits per heavy atom. The van der Waals surface area contributed by atoms with Crippen molar-refractivity contribution in [1.29, 1.82) is 0 Å². The number of anilines is 1. The van der Waals surface area contributed by atoms with Gasteiger partial charge >= 0.3 is 0 Å². The van der Waals surface area contributed by atoms with Gasteiger partial charge in [-0.2, -0.15) is 0 Å². The molecule has 0 aromatic heterocycles. The van der Waals surface area contributed by atoms with Gasteiger partial charge in [-0.3, -0.25) is 0 Å². The number of nitrogen functional groups attached to an aromatic ring is 1. The van der Waals surface area contributed by atoms with Crippen LogP contribution in [-0.2, 0) is 14.8 Å². The number of ether oxygens (including phenoxy) is 1. The second-order valence-electron chi connectivity index (χ2n) is 5.05. The third-order valence-corrected chi connectivity index (χ3v) is 5.23. The predicted molar refractivity (Wildman–Crippen MR) is 74.5 cm³/mol. The van der Waals surface area contributed by atoms with Crippen molar-refractivity contribution in [3.63, 3.8) is 0 Å². The van der Waals surface area contributed by atoms with E-state index in [2.05, 4.69) is 4.72 Å². The van der Waals surface area contributed by atoms with Gasteiger partial charge in [0.25, 0.3) is 0 Å². The topological polar surface area (TPSA) is 81.4 Å². The van der Waals surface area contributed by atoms with Crippen molar-refractivity contribution >= 4 is 15.7 Å². The molecule has 1 fully saturated rings. The normalized spacial score (nSPS) is 23.7. The number of aryl methyl sites for hydroxylation is 1. The van der Waals surface area contributed by atoms with Crippen LogP contribution >= 0.6 is 0 Å². The van der Waals surface area contributed by atoms with Gasteiger partial charge in [0, 0.05) is 12.3 Å². The first-order chi connectivity index (χ1) is 8.81. The molecule has 0 amide bonds. The highest BCUT2D eigenvalue weighted by Gasteiger charge is 2.30. The van der Waals surface area contributed by atoms with Gasteiger partial charge in [0.05, 0.1) is 17.0 Å². The quantitative estimate of drug-likeness (QED) is 0.821. The fourth-order valence-corrected chi connectivity index (χ4v) is 3.97. The Bertz CT molecular complexity index is 584. The Kier molecular flexibility index (Phi) is 3.85. The third-order valence-electron chi connectivity index (χ3n) is 3.61. The highest BCUT2D eigenvalue weighted by molar-refractivity contribution is 7.89. The maximum Gasteiger partial charge on any atom is 0.241 e. The van der Waals surface area contributed by atoms with Crippen LogP contribution in [0.2, 0.25) is 0 Å². The first-order valence-corrected chi connectivity index (χ1v) is 7.80. The molecule has 19 heavy (non-hydrogen) atoms. The molecule has 0 saturated carbocycles. The van der Waals surface area contributed by atoms with Crippen molar-refractivity contribution in [3.8, 4) is 0 Å². The molecule has 1 aliphatic heterocycles. The van der Waals surface area contributed by atoms with Gasteiger partial charge in [0.1, 0.15) is 0 Å². The van der Waals surface area contributed by atoms with Crippen LogP contribution < -0.4 is 10.5 Å². The van der Waals surface area contributed by atoms with Crippen molar-refractivity contribution < 1.29 is 13.2 Å². The van der Waals surface area contributed by atoms with Crippen LogP contribution in [-0.4, -0.2) is 27.2 Å². The van der Waals surface area contributed by atoms with Gasteiger partial charge in [-0.15, -0.1) is 0 Å². The molecule has 106 valence electrons. The number of nitrogens with two attached hydrogens (primary N) is 1. The second kappa shape index (κ2) is 5.11. The van der Waals surface area contributed by atoms with E-state index in [1.807, 2.05) is 13.8 Å². The average Bonchev–Trinajstić information content (AvgIpc) is 2.69. The Balaban J connectivity index is 2.34. The van der Waals surface area contributed by atoms with Crippen LogP contribution in [0, 0.1) is 13.8 Å². The maximum absolute atomic E-state index is 12.4. The minimum atomic E-state index is -3.56. The van der Waals surface area contributed by atoms with Gasteiger partial charge < -0.3 is 10.5 Å². The lowest BCUT2D eigenvalue weighted by atomic mass is 10.1. The average molecular weight is 284 g/mol. The SMILES string of the molecule is Cc1cc(N)cc(S(=O)(=O)NC2CCOC2C)c1C. The largest absolute Gasteiger partial charge is 0.399 e. The second-order valence-corrected chi connectivity index (χ2v) is 6.74. The van der Waals surface area contributed by atoms with E-state index in [1.54, 1.807) is 13.0 Å². The molecule has 0 bridgehead atoms. The summed E-state index contributed by atoms with van der Waals surface area (Å²) in [4.78, 5) is 0.254. The molecule has 1 saturated heterocycles. The number of sulfonamides is 1. The Morgan fingerprint density at radius 3 is 2.63 bits per heavy atom. The molecule has 6 heteroatoms. The Morgan fingerprint density at radius 2 is 2.05 bits per heavy atom. The van der Waals surface area contributed by atoms with Crippen molar-refractivity contribution in [2.75, 3.05) is 12.3 Å². The number of nitrogens with one attached hydrogen (secondary N) is 1. The molecular weight excluding hydrogens is 264 g/mol. The zero-order chi connectivity index (χ0) is 14.2. The molecule has 5 nitrogen and oxygen atoms in total. The van der Waals surface area contributed by atoms with Gasteiger partial charge in [-0.05, 0) is 50.5 Å². The van der Waals surface area contributed by atoms with E-state index in [-0.39, 0.29) is 17.0 Å². The van der Waals surface area contributed by atoms with E-state index in [0.29, 0.717) is 18.7 Å². The van der Waals surface area contributed by atoms with Gasteiger partial charge in [-0.1, -0.05) is 0 Å². The Labute approximate surface area is 114 Å². The summed E-state index contributed by atoms with van der Waals surface area (Å²) < 4.78 is 33.0. The lowest BCUT2D eigenvalue weighted by Crippen LogP contribution is -2.39. The standard InChI is InChI=1S/C13H20N2O3S/c1-8-6-11(14)7-13(9(8)2)19(16,17)15-12-4-5-18-10(12)3/h6-7,10,12,15H,4-5,14H2,1-3H3.